The highest BCUT2D eigenvalue weighted by atomic mass is 16.2. The molecular formula is C24H38N4O2. The molecule has 166 valence electrons. The molecule has 6 heteroatoms. The van der Waals surface area contributed by atoms with E-state index >= 15 is 0 Å². The molecule has 0 radical (unpaired) electrons. The van der Waals surface area contributed by atoms with Crippen molar-refractivity contribution in [3.05, 3.63) is 23.3 Å². The number of carbonyl (C=O) groups is 2. The molecule has 0 unspecified atom stereocenters. The van der Waals surface area contributed by atoms with Crippen molar-refractivity contribution in [1.29, 1.82) is 0 Å². The minimum absolute atomic E-state index is 0.0298. The van der Waals surface area contributed by atoms with Crippen LogP contribution in [0.1, 0.15) is 102 Å². The lowest BCUT2D eigenvalue weighted by Gasteiger charge is -2.35. The standard InChI is InChI=1S/C24H38N4O2/c1-6-16(7-2)22(29)27-20-10-8-9-19-18(20)15-25-21(26-19)17-11-13-28(14-12-17)23(30)24(3,4)5/h15-17,20H,6-14H2,1-5H3,(H,27,29)/t20-/m0/s1. The molecule has 1 fully saturated rings. The Labute approximate surface area is 181 Å². The van der Waals surface area contributed by atoms with Crippen LogP contribution in [0.25, 0.3) is 0 Å². The second kappa shape index (κ2) is 9.44. The zero-order valence-corrected chi connectivity index (χ0v) is 19.3. The van der Waals surface area contributed by atoms with E-state index < -0.39 is 0 Å². The topological polar surface area (TPSA) is 75.2 Å². The molecule has 30 heavy (non-hydrogen) atoms. The maximum absolute atomic E-state index is 12.6. The first-order valence-electron chi connectivity index (χ1n) is 11.7. The van der Waals surface area contributed by atoms with Crippen molar-refractivity contribution in [2.75, 3.05) is 13.1 Å². The Morgan fingerprint density at radius 3 is 2.43 bits per heavy atom. The van der Waals surface area contributed by atoms with Gasteiger partial charge in [-0.1, -0.05) is 34.6 Å². The Hall–Kier alpha value is -1.98. The fourth-order valence-corrected chi connectivity index (χ4v) is 4.67. The Bertz CT molecular complexity index is 759. The Morgan fingerprint density at radius 1 is 1.17 bits per heavy atom. The number of nitrogens with one attached hydrogen (secondary N) is 1. The van der Waals surface area contributed by atoms with E-state index in [1.807, 2.05) is 31.9 Å². The van der Waals surface area contributed by atoms with Gasteiger partial charge in [0.15, 0.2) is 0 Å². The highest BCUT2D eigenvalue weighted by Crippen LogP contribution is 2.32. The zero-order chi connectivity index (χ0) is 21.9. The first kappa shape index (κ1) is 22.7. The van der Waals surface area contributed by atoms with Gasteiger partial charge in [0.2, 0.25) is 11.8 Å². The molecule has 1 aromatic heterocycles. The number of carbonyl (C=O) groups excluding carboxylic acids is 2. The van der Waals surface area contributed by atoms with Crippen LogP contribution in [0.2, 0.25) is 0 Å². The number of amides is 2. The highest BCUT2D eigenvalue weighted by molar-refractivity contribution is 5.81. The minimum atomic E-state index is -0.330. The molecular weight excluding hydrogens is 376 g/mol. The molecule has 2 aliphatic rings. The largest absolute Gasteiger partial charge is 0.349 e. The van der Waals surface area contributed by atoms with Crippen LogP contribution in [-0.2, 0) is 16.0 Å². The number of hydrogen-bond acceptors (Lipinski definition) is 4. The van der Waals surface area contributed by atoms with Crippen LogP contribution in [0.4, 0.5) is 0 Å². The van der Waals surface area contributed by atoms with Crippen molar-refractivity contribution >= 4 is 11.8 Å². The maximum atomic E-state index is 12.6. The maximum Gasteiger partial charge on any atom is 0.227 e. The molecule has 1 aliphatic carbocycles. The number of nitrogens with zero attached hydrogens (tertiary/aromatic N) is 3. The van der Waals surface area contributed by atoms with Crippen LogP contribution in [0.15, 0.2) is 6.20 Å². The lowest BCUT2D eigenvalue weighted by molar-refractivity contribution is -0.140. The summed E-state index contributed by atoms with van der Waals surface area (Å²) >= 11 is 0. The van der Waals surface area contributed by atoms with E-state index in [-0.39, 0.29) is 29.2 Å². The molecule has 1 N–H and O–H groups in total. The number of rotatable bonds is 5. The van der Waals surface area contributed by atoms with Crippen LogP contribution in [0.5, 0.6) is 0 Å². The lowest BCUT2D eigenvalue weighted by Crippen LogP contribution is -2.44. The lowest BCUT2D eigenvalue weighted by atomic mass is 9.89. The van der Waals surface area contributed by atoms with E-state index in [4.69, 9.17) is 9.97 Å². The molecule has 1 atom stereocenters. The molecule has 2 amide bonds. The molecule has 1 aliphatic heterocycles. The third kappa shape index (κ3) is 5.01. The molecule has 0 spiro atoms. The summed E-state index contributed by atoms with van der Waals surface area (Å²) in [6.45, 7) is 11.6. The Morgan fingerprint density at radius 2 is 1.83 bits per heavy atom. The summed E-state index contributed by atoms with van der Waals surface area (Å²) in [6.07, 6.45) is 8.45. The van der Waals surface area contributed by atoms with Gasteiger partial charge in [0.1, 0.15) is 5.82 Å². The molecule has 2 heterocycles. The van der Waals surface area contributed by atoms with Gasteiger partial charge in [0.05, 0.1) is 6.04 Å². The first-order valence-corrected chi connectivity index (χ1v) is 11.7. The molecule has 1 saturated heterocycles. The minimum Gasteiger partial charge on any atom is -0.349 e. The second-order valence-corrected chi connectivity index (χ2v) is 9.91. The van der Waals surface area contributed by atoms with Crippen LogP contribution >= 0.6 is 0 Å². The van der Waals surface area contributed by atoms with Crippen molar-refractivity contribution in [3.63, 3.8) is 0 Å². The summed E-state index contributed by atoms with van der Waals surface area (Å²) in [4.78, 5) is 36.7. The number of fused-ring (bicyclic) bond motifs is 1. The van der Waals surface area contributed by atoms with Gasteiger partial charge in [0.25, 0.3) is 0 Å². The predicted octanol–water partition coefficient (Wildman–Crippen LogP) is 4.16. The molecule has 0 aromatic carbocycles. The van der Waals surface area contributed by atoms with E-state index in [0.29, 0.717) is 5.92 Å². The smallest absolute Gasteiger partial charge is 0.227 e. The Kier molecular flexibility index (Phi) is 7.14. The van der Waals surface area contributed by atoms with E-state index in [0.717, 1.165) is 75.1 Å². The van der Waals surface area contributed by atoms with E-state index in [1.165, 1.54) is 0 Å². The summed E-state index contributed by atoms with van der Waals surface area (Å²) in [6, 6.07) is 0.0298. The Balaban J connectivity index is 1.66. The summed E-state index contributed by atoms with van der Waals surface area (Å²) in [7, 11) is 0. The van der Waals surface area contributed by atoms with E-state index in [2.05, 4.69) is 19.2 Å². The zero-order valence-electron chi connectivity index (χ0n) is 19.3. The summed E-state index contributed by atoms with van der Waals surface area (Å²) in [5.41, 5.74) is 1.85. The average Bonchev–Trinajstić information content (AvgIpc) is 2.73. The van der Waals surface area contributed by atoms with Crippen LogP contribution < -0.4 is 5.32 Å². The number of aryl methyl sites for hydroxylation is 1. The van der Waals surface area contributed by atoms with Gasteiger partial charge in [-0.2, -0.15) is 0 Å². The van der Waals surface area contributed by atoms with Crippen molar-refractivity contribution in [2.24, 2.45) is 11.3 Å². The van der Waals surface area contributed by atoms with Gasteiger partial charge < -0.3 is 10.2 Å². The monoisotopic (exact) mass is 414 g/mol. The summed E-state index contributed by atoms with van der Waals surface area (Å²) < 4.78 is 0. The van der Waals surface area contributed by atoms with Gasteiger partial charge in [-0.3, -0.25) is 9.59 Å². The third-order valence-corrected chi connectivity index (χ3v) is 6.66. The molecule has 0 bridgehead atoms. The quantitative estimate of drug-likeness (QED) is 0.785. The van der Waals surface area contributed by atoms with Crippen molar-refractivity contribution < 1.29 is 9.59 Å². The van der Waals surface area contributed by atoms with Gasteiger partial charge in [0, 0.05) is 47.8 Å². The second-order valence-electron chi connectivity index (χ2n) is 9.91. The van der Waals surface area contributed by atoms with Gasteiger partial charge in [-0.15, -0.1) is 0 Å². The molecule has 1 aromatic rings. The SMILES string of the molecule is CCC(CC)C(=O)N[C@H]1CCCc2nc(C3CCN(C(=O)C(C)(C)C)CC3)ncc21. The fraction of sp³-hybridized carbons (Fsp3) is 0.750. The van der Waals surface area contributed by atoms with Crippen molar-refractivity contribution in [1.82, 2.24) is 20.2 Å². The molecule has 6 nitrogen and oxygen atoms in total. The first-order chi connectivity index (χ1) is 14.2. The number of hydrogen-bond donors (Lipinski definition) is 1. The number of aromatic nitrogens is 2. The van der Waals surface area contributed by atoms with Gasteiger partial charge in [-0.25, -0.2) is 9.97 Å². The molecule has 3 rings (SSSR count). The van der Waals surface area contributed by atoms with Crippen molar-refractivity contribution in [2.45, 2.75) is 91.5 Å². The van der Waals surface area contributed by atoms with E-state index in [9.17, 15) is 9.59 Å². The van der Waals surface area contributed by atoms with Gasteiger partial charge in [-0.05, 0) is 44.9 Å². The van der Waals surface area contributed by atoms with Crippen molar-refractivity contribution in [3.8, 4) is 0 Å². The normalized spacial score (nSPS) is 20.2. The predicted molar refractivity (Wildman–Crippen MR) is 118 cm³/mol. The van der Waals surface area contributed by atoms with Crippen LogP contribution in [-0.4, -0.2) is 39.8 Å². The highest BCUT2D eigenvalue weighted by Gasteiger charge is 2.32. The number of likely N-dealkylation sites (tertiary alicyclic amines) is 1. The summed E-state index contributed by atoms with van der Waals surface area (Å²) in [5.74, 6) is 1.67. The van der Waals surface area contributed by atoms with Gasteiger partial charge >= 0.3 is 0 Å². The van der Waals surface area contributed by atoms with E-state index in [1.54, 1.807) is 0 Å². The summed E-state index contributed by atoms with van der Waals surface area (Å²) in [5, 5.41) is 3.25. The third-order valence-electron chi connectivity index (χ3n) is 6.66. The van der Waals surface area contributed by atoms with Crippen LogP contribution in [0.3, 0.4) is 0 Å². The number of piperidine rings is 1. The fourth-order valence-electron chi connectivity index (χ4n) is 4.67. The average molecular weight is 415 g/mol. The van der Waals surface area contributed by atoms with Crippen LogP contribution in [0, 0.1) is 11.3 Å². The molecule has 0 saturated carbocycles.